The molecule has 1 aliphatic heterocycles. The monoisotopic (exact) mass is 554 g/mol. The Labute approximate surface area is 231 Å². The van der Waals surface area contributed by atoms with Gasteiger partial charge in [-0.1, -0.05) is 6.58 Å². The molecule has 1 fully saturated rings. The van der Waals surface area contributed by atoms with Crippen LogP contribution in [0.4, 0.5) is 37.6 Å². The largest absolute Gasteiger partial charge is 0.479 e. The lowest BCUT2D eigenvalue weighted by molar-refractivity contribution is -0.111. The van der Waals surface area contributed by atoms with Crippen molar-refractivity contribution >= 4 is 34.7 Å². The minimum atomic E-state index is -0.665. The second kappa shape index (κ2) is 12.7. The Morgan fingerprint density at radius 1 is 1.15 bits per heavy atom. The molecule has 0 aliphatic carbocycles. The summed E-state index contributed by atoms with van der Waals surface area (Å²) in [5.41, 5.74) is 1.31. The van der Waals surface area contributed by atoms with Gasteiger partial charge < -0.3 is 25.2 Å². The van der Waals surface area contributed by atoms with Crippen molar-refractivity contribution in [3.05, 3.63) is 66.5 Å². The fraction of sp³-hybridized carbons (Fsp3) is 0.333. The number of likely N-dealkylation sites (N-methyl/N-ethyl adjacent to an activating group) is 2. The van der Waals surface area contributed by atoms with E-state index in [1.54, 1.807) is 12.1 Å². The summed E-state index contributed by atoms with van der Waals surface area (Å²) < 4.78 is 33.3. The van der Waals surface area contributed by atoms with Gasteiger partial charge in [0.2, 0.25) is 11.8 Å². The lowest BCUT2D eigenvalue weighted by Gasteiger charge is -2.25. The van der Waals surface area contributed by atoms with Crippen LogP contribution < -0.4 is 25.3 Å². The van der Waals surface area contributed by atoms with Gasteiger partial charge in [0.05, 0.1) is 25.4 Å². The molecule has 0 bridgehead atoms. The number of ether oxygens (including phenoxy) is 1. The van der Waals surface area contributed by atoms with Gasteiger partial charge in [0.25, 0.3) is 0 Å². The second-order valence-electron chi connectivity index (χ2n) is 9.39. The van der Waals surface area contributed by atoms with Crippen molar-refractivity contribution in [2.24, 2.45) is 0 Å². The summed E-state index contributed by atoms with van der Waals surface area (Å²) in [5, 5.41) is 7.48. The number of hydrogen-bond donors (Lipinski definition) is 2. The molecule has 212 valence electrons. The lowest BCUT2D eigenvalue weighted by Crippen LogP contribution is -2.30. The number of hydrogen-bond acceptors (Lipinski definition) is 10. The van der Waals surface area contributed by atoms with Crippen LogP contribution in [0.2, 0.25) is 0 Å². The summed E-state index contributed by atoms with van der Waals surface area (Å²) in [5.74, 6) is -0.178. The number of carbonyl (C=O) groups excluding carboxylic acids is 1. The first-order valence-corrected chi connectivity index (χ1v) is 12.5. The third-order valence-electron chi connectivity index (χ3n) is 6.16. The van der Waals surface area contributed by atoms with Crippen molar-refractivity contribution in [3.8, 4) is 5.88 Å². The molecule has 3 heterocycles. The van der Waals surface area contributed by atoms with Gasteiger partial charge >= 0.3 is 0 Å². The van der Waals surface area contributed by atoms with Gasteiger partial charge in [0.1, 0.15) is 29.5 Å². The average molecular weight is 555 g/mol. The zero-order chi connectivity index (χ0) is 28.8. The Kier molecular flexibility index (Phi) is 9.07. The minimum absolute atomic E-state index is 0.272. The van der Waals surface area contributed by atoms with E-state index in [1.807, 2.05) is 30.9 Å². The van der Waals surface area contributed by atoms with E-state index >= 15 is 0 Å². The van der Waals surface area contributed by atoms with Crippen molar-refractivity contribution in [2.45, 2.75) is 12.5 Å². The number of carbonyl (C=O) groups is 1. The molecule has 1 saturated heterocycles. The zero-order valence-corrected chi connectivity index (χ0v) is 22.8. The molecule has 2 N–H and O–H groups in total. The van der Waals surface area contributed by atoms with Gasteiger partial charge in [-0.15, -0.1) is 0 Å². The van der Waals surface area contributed by atoms with E-state index in [0.717, 1.165) is 12.6 Å². The fourth-order valence-electron chi connectivity index (χ4n) is 4.19. The highest BCUT2D eigenvalue weighted by molar-refractivity contribution is 6.01. The Hall–Kier alpha value is -4.36. The Bertz CT molecular complexity index is 1350. The molecule has 13 heteroatoms. The van der Waals surface area contributed by atoms with Gasteiger partial charge in [-0.3, -0.25) is 9.63 Å². The van der Waals surface area contributed by atoms with Gasteiger partial charge in [-0.2, -0.15) is 4.98 Å². The lowest BCUT2D eigenvalue weighted by atomic mass is 10.0. The summed E-state index contributed by atoms with van der Waals surface area (Å²) in [6.45, 7) is 5.29. The summed E-state index contributed by atoms with van der Waals surface area (Å²) in [7, 11) is 7.30. The highest BCUT2D eigenvalue weighted by Gasteiger charge is 2.30. The fourth-order valence-corrected chi connectivity index (χ4v) is 4.19. The molecule has 0 unspecified atom stereocenters. The number of halogens is 2. The predicted molar refractivity (Wildman–Crippen MR) is 149 cm³/mol. The number of benzene rings is 1. The number of anilines is 5. The van der Waals surface area contributed by atoms with Gasteiger partial charge in [-0.25, -0.2) is 23.8 Å². The first-order valence-electron chi connectivity index (χ1n) is 12.5. The molecular formula is C27H32F2N8O3. The van der Waals surface area contributed by atoms with Crippen molar-refractivity contribution in [2.75, 3.05) is 68.5 Å². The highest BCUT2D eigenvalue weighted by atomic mass is 19.1. The molecule has 0 radical (unpaired) electrons. The van der Waals surface area contributed by atoms with Crippen LogP contribution in [-0.2, 0) is 9.63 Å². The van der Waals surface area contributed by atoms with E-state index in [0.29, 0.717) is 54.0 Å². The molecule has 11 nitrogen and oxygen atoms in total. The SMILES string of the molecule is C=CC(=O)Nc1cc(Nc2cc(N3OCC[C@@H]3c3cc(F)cc(F)c3)ncn2)c(OC)nc1N(C)CCN(C)C. The maximum Gasteiger partial charge on any atom is 0.247 e. The van der Waals surface area contributed by atoms with Crippen LogP contribution in [0.3, 0.4) is 0 Å². The summed E-state index contributed by atoms with van der Waals surface area (Å²) in [4.78, 5) is 35.2. The van der Waals surface area contributed by atoms with Crippen molar-refractivity contribution in [1.82, 2.24) is 19.9 Å². The van der Waals surface area contributed by atoms with Gasteiger partial charge in [-0.05, 0) is 43.9 Å². The summed E-state index contributed by atoms with van der Waals surface area (Å²) in [6.07, 6.45) is 3.03. The number of pyridine rings is 1. The number of nitrogens with one attached hydrogen (secondary N) is 2. The molecule has 1 atom stereocenters. The number of methoxy groups -OCH3 is 1. The normalized spacial score (nSPS) is 14.8. The van der Waals surface area contributed by atoms with E-state index in [4.69, 9.17) is 9.57 Å². The standard InChI is InChI=1S/C27H32F2N8O3/c1-6-25(38)33-20-14-21(27(39-5)34-26(20)36(4)9-8-35(2)3)32-23-15-24(31-16-30-23)37-22(7-10-40-37)17-11-18(28)13-19(29)12-17/h6,11-16,22H,1,7-10H2,2-5H3,(H,33,38)(H,30,31,32)/t22-/m1/s1. The molecule has 1 aromatic carbocycles. The van der Waals surface area contributed by atoms with Crippen LogP contribution in [0.25, 0.3) is 0 Å². The topological polar surface area (TPSA) is 108 Å². The van der Waals surface area contributed by atoms with E-state index in [2.05, 4.69) is 32.2 Å². The van der Waals surface area contributed by atoms with Crippen LogP contribution >= 0.6 is 0 Å². The van der Waals surface area contributed by atoms with E-state index in [1.165, 1.54) is 36.7 Å². The highest BCUT2D eigenvalue weighted by Crippen LogP contribution is 2.37. The minimum Gasteiger partial charge on any atom is -0.479 e. The van der Waals surface area contributed by atoms with E-state index in [9.17, 15) is 13.6 Å². The molecule has 0 saturated carbocycles. The molecule has 40 heavy (non-hydrogen) atoms. The maximum atomic E-state index is 13.9. The van der Waals surface area contributed by atoms with Gasteiger partial charge in [0, 0.05) is 38.7 Å². The number of aromatic nitrogens is 3. The van der Waals surface area contributed by atoms with Crippen molar-refractivity contribution in [1.29, 1.82) is 0 Å². The molecule has 3 aromatic rings. The zero-order valence-electron chi connectivity index (χ0n) is 22.8. The number of hydroxylamine groups is 1. The van der Waals surface area contributed by atoms with Crippen LogP contribution in [-0.4, -0.2) is 73.7 Å². The molecule has 0 spiro atoms. The first-order chi connectivity index (χ1) is 19.2. The maximum absolute atomic E-state index is 13.9. The van der Waals surface area contributed by atoms with Gasteiger partial charge in [0.15, 0.2) is 11.6 Å². The van der Waals surface area contributed by atoms with Crippen LogP contribution in [0, 0.1) is 11.6 Å². The number of nitrogens with zero attached hydrogens (tertiary/aromatic N) is 6. The summed E-state index contributed by atoms with van der Waals surface area (Å²) >= 11 is 0. The third kappa shape index (κ3) is 6.79. The smallest absolute Gasteiger partial charge is 0.247 e. The second-order valence-corrected chi connectivity index (χ2v) is 9.39. The third-order valence-corrected chi connectivity index (χ3v) is 6.16. The van der Waals surface area contributed by atoms with E-state index < -0.39 is 23.6 Å². The Morgan fingerprint density at radius 3 is 2.58 bits per heavy atom. The van der Waals surface area contributed by atoms with E-state index in [-0.39, 0.29) is 5.88 Å². The molecule has 1 amide bonds. The van der Waals surface area contributed by atoms with Crippen LogP contribution in [0.1, 0.15) is 18.0 Å². The quantitative estimate of drug-likeness (QED) is 0.339. The number of rotatable bonds is 11. The van der Waals surface area contributed by atoms with Crippen LogP contribution in [0.15, 0.2) is 49.3 Å². The molecular weight excluding hydrogens is 522 g/mol. The van der Waals surface area contributed by atoms with Crippen molar-refractivity contribution < 1.29 is 23.1 Å². The Balaban J connectivity index is 1.64. The number of amides is 1. The summed E-state index contributed by atoms with van der Waals surface area (Å²) in [6, 6.07) is 6.27. The van der Waals surface area contributed by atoms with Crippen molar-refractivity contribution in [3.63, 3.8) is 0 Å². The molecule has 2 aromatic heterocycles. The molecule has 4 rings (SSSR count). The van der Waals surface area contributed by atoms with Crippen LogP contribution in [0.5, 0.6) is 5.88 Å². The molecule has 1 aliphatic rings. The first kappa shape index (κ1) is 28.6. The average Bonchev–Trinajstić information content (AvgIpc) is 3.42. The Morgan fingerprint density at radius 2 is 1.90 bits per heavy atom. The predicted octanol–water partition coefficient (Wildman–Crippen LogP) is 3.91.